The highest BCUT2D eigenvalue weighted by molar-refractivity contribution is 7.22. The van der Waals surface area contributed by atoms with Crippen LogP contribution >= 0.6 is 22.9 Å². The summed E-state index contributed by atoms with van der Waals surface area (Å²) >= 11 is 6.32. The van der Waals surface area contributed by atoms with Crippen molar-refractivity contribution < 1.29 is 18.0 Å². The average molecular weight is 309 g/mol. The molecule has 0 bridgehead atoms. The molecule has 2 aromatic rings. The van der Waals surface area contributed by atoms with Gasteiger partial charge in [0.15, 0.2) is 22.6 Å². The molecular weight excluding hydrogens is 301 g/mol. The summed E-state index contributed by atoms with van der Waals surface area (Å²) in [6.07, 6.45) is 0.695. The van der Waals surface area contributed by atoms with Gasteiger partial charge in [0, 0.05) is 12.3 Å². The lowest BCUT2D eigenvalue weighted by Gasteiger charge is -1.98. The first-order valence-electron chi connectivity index (χ1n) is 5.32. The third kappa shape index (κ3) is 2.98. The van der Waals surface area contributed by atoms with E-state index in [0.29, 0.717) is 12.3 Å². The van der Waals surface area contributed by atoms with Gasteiger partial charge in [0.1, 0.15) is 5.52 Å². The lowest BCUT2D eigenvalue weighted by atomic mass is 10.3. The molecule has 0 saturated carbocycles. The van der Waals surface area contributed by atoms with Crippen molar-refractivity contribution in [2.24, 2.45) is 0 Å². The number of thiazole rings is 1. The minimum absolute atomic E-state index is 0.0958. The van der Waals surface area contributed by atoms with Crippen molar-refractivity contribution in [2.45, 2.75) is 12.8 Å². The maximum absolute atomic E-state index is 13.4. The predicted octanol–water partition coefficient (Wildman–Crippen LogP) is 3.67. The topological polar surface area (TPSA) is 42.0 Å². The molecule has 102 valence electrons. The van der Waals surface area contributed by atoms with Crippen molar-refractivity contribution in [1.82, 2.24) is 4.98 Å². The Labute approximate surface area is 115 Å². The summed E-state index contributed by atoms with van der Waals surface area (Å²) in [4.78, 5) is 15.2. The van der Waals surface area contributed by atoms with Crippen LogP contribution in [0.2, 0.25) is 0 Å². The van der Waals surface area contributed by atoms with Gasteiger partial charge in [-0.1, -0.05) is 11.3 Å². The summed E-state index contributed by atoms with van der Waals surface area (Å²) in [7, 11) is 0. The maximum Gasteiger partial charge on any atom is 0.226 e. The largest absolute Gasteiger partial charge is 0.302 e. The second-order valence-corrected chi connectivity index (χ2v) is 5.10. The van der Waals surface area contributed by atoms with E-state index < -0.39 is 17.5 Å². The van der Waals surface area contributed by atoms with Gasteiger partial charge in [0.2, 0.25) is 5.91 Å². The Balaban J connectivity index is 2.27. The van der Waals surface area contributed by atoms with Crippen LogP contribution in [0, 0.1) is 17.5 Å². The summed E-state index contributed by atoms with van der Waals surface area (Å²) in [5.41, 5.74) is -0.295. The second-order valence-electron chi connectivity index (χ2n) is 3.69. The predicted molar refractivity (Wildman–Crippen MR) is 68.1 cm³/mol. The van der Waals surface area contributed by atoms with Crippen LogP contribution in [0.3, 0.4) is 0 Å². The molecule has 0 aliphatic heterocycles. The molecule has 0 radical (unpaired) electrons. The molecule has 0 aliphatic carbocycles. The fourth-order valence-electron chi connectivity index (χ4n) is 1.44. The fourth-order valence-corrected chi connectivity index (χ4v) is 2.47. The Bertz CT molecular complexity index is 632. The molecule has 2 rings (SSSR count). The van der Waals surface area contributed by atoms with E-state index in [1.165, 1.54) is 0 Å². The highest BCUT2D eigenvalue weighted by Crippen LogP contribution is 2.30. The number of hydrogen-bond acceptors (Lipinski definition) is 3. The molecule has 19 heavy (non-hydrogen) atoms. The number of rotatable bonds is 4. The minimum Gasteiger partial charge on any atom is -0.302 e. The highest BCUT2D eigenvalue weighted by atomic mass is 35.5. The zero-order valence-corrected chi connectivity index (χ0v) is 11.0. The molecule has 8 heteroatoms. The van der Waals surface area contributed by atoms with E-state index in [1.54, 1.807) is 0 Å². The molecule has 0 atom stereocenters. The van der Waals surface area contributed by atoms with Crippen LogP contribution in [-0.2, 0) is 4.79 Å². The Hall–Kier alpha value is -1.34. The van der Waals surface area contributed by atoms with E-state index in [0.717, 1.165) is 17.4 Å². The number of hydrogen-bond donors (Lipinski definition) is 1. The van der Waals surface area contributed by atoms with Crippen LogP contribution in [0.5, 0.6) is 0 Å². The van der Waals surface area contributed by atoms with E-state index in [2.05, 4.69) is 10.3 Å². The molecule has 0 spiro atoms. The van der Waals surface area contributed by atoms with Crippen LogP contribution in [-0.4, -0.2) is 16.8 Å². The Morgan fingerprint density at radius 2 is 2.11 bits per heavy atom. The van der Waals surface area contributed by atoms with Crippen molar-refractivity contribution in [2.75, 3.05) is 11.2 Å². The monoisotopic (exact) mass is 308 g/mol. The standard InChI is InChI=1S/C11H8ClF3N2OS/c12-3-1-2-7(18)16-11-17-10-6(19-11)4-5(13)8(14)9(10)15/h4H,1-3H2,(H,16,17,18). The van der Waals surface area contributed by atoms with Crippen molar-refractivity contribution in [3.8, 4) is 0 Å². The number of nitrogens with one attached hydrogen (secondary N) is 1. The number of alkyl halides is 1. The van der Waals surface area contributed by atoms with E-state index in [4.69, 9.17) is 11.6 Å². The molecule has 0 fully saturated rings. The van der Waals surface area contributed by atoms with Crippen molar-refractivity contribution >= 4 is 44.2 Å². The molecule has 1 amide bonds. The molecular formula is C11H8ClF3N2OS. The summed E-state index contributed by atoms with van der Waals surface area (Å²) in [5.74, 6) is -4.20. The third-order valence-corrected chi connectivity index (χ3v) is 3.49. The number of carbonyl (C=O) groups is 1. The zero-order chi connectivity index (χ0) is 14.0. The Morgan fingerprint density at radius 1 is 1.37 bits per heavy atom. The molecule has 3 nitrogen and oxygen atoms in total. The van der Waals surface area contributed by atoms with Gasteiger partial charge in [-0.3, -0.25) is 4.79 Å². The van der Waals surface area contributed by atoms with Gasteiger partial charge in [-0.05, 0) is 12.5 Å². The van der Waals surface area contributed by atoms with E-state index in [9.17, 15) is 18.0 Å². The second kappa shape index (κ2) is 5.75. The lowest BCUT2D eigenvalue weighted by molar-refractivity contribution is -0.116. The molecule has 1 aromatic heterocycles. The van der Waals surface area contributed by atoms with Crippen LogP contribution in [0.4, 0.5) is 18.3 Å². The highest BCUT2D eigenvalue weighted by Gasteiger charge is 2.18. The number of halogens is 4. The van der Waals surface area contributed by atoms with Gasteiger partial charge < -0.3 is 5.32 Å². The molecule has 0 aliphatic rings. The first-order chi connectivity index (χ1) is 9.02. The zero-order valence-electron chi connectivity index (χ0n) is 9.47. The third-order valence-electron chi connectivity index (χ3n) is 2.31. The van der Waals surface area contributed by atoms with Crippen LogP contribution in [0.15, 0.2) is 6.07 Å². The summed E-state index contributed by atoms with van der Waals surface area (Å²) in [6, 6.07) is 0.847. The number of carbonyl (C=O) groups excluding carboxylic acids is 1. The summed E-state index contributed by atoms with van der Waals surface area (Å²) in [6.45, 7) is 0. The van der Waals surface area contributed by atoms with Gasteiger partial charge in [-0.25, -0.2) is 18.2 Å². The average Bonchev–Trinajstić information content (AvgIpc) is 2.76. The van der Waals surface area contributed by atoms with Gasteiger partial charge in [-0.15, -0.1) is 11.6 Å². The maximum atomic E-state index is 13.4. The number of aromatic nitrogens is 1. The van der Waals surface area contributed by atoms with Crippen molar-refractivity contribution in [3.05, 3.63) is 23.5 Å². The van der Waals surface area contributed by atoms with Gasteiger partial charge in [0.25, 0.3) is 0 Å². The first kappa shape index (κ1) is 14.1. The number of fused-ring (bicyclic) bond motifs is 1. The molecule has 1 aromatic carbocycles. The molecule has 0 saturated heterocycles. The van der Waals surface area contributed by atoms with Gasteiger partial charge in [0.05, 0.1) is 4.70 Å². The van der Waals surface area contributed by atoms with E-state index >= 15 is 0 Å². The number of benzene rings is 1. The summed E-state index contributed by atoms with van der Waals surface area (Å²) < 4.78 is 39.6. The lowest BCUT2D eigenvalue weighted by Crippen LogP contribution is -2.10. The van der Waals surface area contributed by atoms with Crippen molar-refractivity contribution in [1.29, 1.82) is 0 Å². The van der Waals surface area contributed by atoms with Crippen LogP contribution < -0.4 is 5.32 Å². The van der Waals surface area contributed by atoms with Crippen molar-refractivity contribution in [3.63, 3.8) is 0 Å². The number of anilines is 1. The Kier molecular flexibility index (Phi) is 4.26. The fraction of sp³-hybridized carbons (Fsp3) is 0.273. The molecule has 1 heterocycles. The SMILES string of the molecule is O=C(CCCCl)Nc1nc2c(F)c(F)c(F)cc2s1. The number of nitrogens with zero attached hydrogens (tertiary/aromatic N) is 1. The van der Waals surface area contributed by atoms with Crippen LogP contribution in [0.1, 0.15) is 12.8 Å². The molecule has 1 N–H and O–H groups in total. The minimum atomic E-state index is -1.57. The Morgan fingerprint density at radius 3 is 2.79 bits per heavy atom. The molecule has 0 unspecified atom stereocenters. The van der Waals surface area contributed by atoms with Crippen LogP contribution in [0.25, 0.3) is 10.2 Å². The normalized spacial score (nSPS) is 10.9. The van der Waals surface area contributed by atoms with E-state index in [-0.39, 0.29) is 27.7 Å². The van der Waals surface area contributed by atoms with Gasteiger partial charge in [-0.2, -0.15) is 0 Å². The first-order valence-corrected chi connectivity index (χ1v) is 6.68. The van der Waals surface area contributed by atoms with E-state index in [1.807, 2.05) is 0 Å². The quantitative estimate of drug-likeness (QED) is 0.691. The summed E-state index contributed by atoms with van der Waals surface area (Å²) in [5, 5.41) is 2.53. The number of amides is 1. The smallest absolute Gasteiger partial charge is 0.226 e. The van der Waals surface area contributed by atoms with Gasteiger partial charge >= 0.3 is 0 Å².